The van der Waals surface area contributed by atoms with Gasteiger partial charge in [-0.05, 0) is 108 Å². The largest absolute Gasteiger partial charge is 0.507 e. The Bertz CT molecular complexity index is 2690. The zero-order valence-electron chi connectivity index (χ0n) is 39.4. The average Bonchev–Trinajstić information content (AvgIpc) is 3.30. The van der Waals surface area contributed by atoms with Crippen molar-refractivity contribution in [2.45, 2.75) is 53.4 Å². The number of benzene rings is 4. The van der Waals surface area contributed by atoms with E-state index in [4.69, 9.17) is 19.5 Å². The molecule has 360 valence electrons. The Balaban J connectivity index is 1.39. The molecule has 0 unspecified atom stereocenters. The summed E-state index contributed by atoms with van der Waals surface area (Å²) in [6.45, 7) is 6.37. The van der Waals surface area contributed by atoms with Crippen LogP contribution in [-0.2, 0) is 54.5 Å². The number of rotatable bonds is 14. The number of carbonyl (C=O) groups excluding carboxylic acids is 6. The molecule has 0 saturated heterocycles. The summed E-state index contributed by atoms with van der Waals surface area (Å²) in [5.74, 6) is -1.03. The molecule has 16 heteroatoms. The normalized spacial score (nSPS) is 15.2. The highest BCUT2D eigenvalue weighted by atomic mass is 16.5. The minimum Gasteiger partial charge on any atom is -0.507 e. The standard InChI is InChI=1S/C54H54N6O10/c1-31-19-45(63)11-13-47(31)59-43-25-39-21-35-7-5-9-37(53(35)69-29-49(65)57-17-15-55-33(3)61)23-41-27-44(60-48-14-12-46(64)20-32(48)2)28-42(52(41)68)24-38-10-6-8-36(22-40(26-43)51(39)67)54(38)70-30-50(66)58-18-16-56-34(4)62/h5-14,19-20,25-28,67-68H,15-18,21-24,29-30H2,1-4H3,(H,55,61)(H,56,62)(H,57,65)(H,58,66). The number of para-hydroxylation sites is 2. The van der Waals surface area contributed by atoms with Gasteiger partial charge >= 0.3 is 0 Å². The van der Waals surface area contributed by atoms with E-state index in [0.717, 1.165) is 0 Å². The van der Waals surface area contributed by atoms with Crippen molar-refractivity contribution in [1.82, 2.24) is 21.3 Å². The van der Waals surface area contributed by atoms with Crippen molar-refractivity contribution in [3.8, 4) is 23.0 Å². The Hall–Kier alpha value is -8.40. The second-order valence-electron chi connectivity index (χ2n) is 17.1. The lowest BCUT2D eigenvalue weighted by Gasteiger charge is -2.21. The lowest BCUT2D eigenvalue weighted by molar-refractivity contribution is -0.124. The Morgan fingerprint density at radius 3 is 1.16 bits per heavy atom. The number of allylic oxidation sites excluding steroid dienone is 8. The van der Waals surface area contributed by atoms with E-state index in [1.165, 1.54) is 38.2 Å². The Labute approximate surface area is 405 Å². The molecule has 0 saturated carbocycles. The number of aromatic hydroxyl groups is 2. The fourth-order valence-electron chi connectivity index (χ4n) is 8.22. The quantitative estimate of drug-likeness (QED) is 0.0617. The van der Waals surface area contributed by atoms with Crippen LogP contribution in [0.25, 0.3) is 0 Å². The SMILES string of the molecule is CC(=O)NCCNC(=O)COc1c2cccc1Cc1cc(N=C3C=CC(=O)C=C3C)cc(c1O)Cc1cccc(c1OCC(=O)NCCNC(C)=O)Cc1cc(N=C3C=CC(=O)C=C3C)cc(c1O)C2. The summed E-state index contributed by atoms with van der Waals surface area (Å²) in [5, 5.41) is 35.3. The van der Waals surface area contributed by atoms with Crippen LogP contribution in [0.3, 0.4) is 0 Å². The number of phenols is 2. The first-order valence-electron chi connectivity index (χ1n) is 22.8. The van der Waals surface area contributed by atoms with Crippen LogP contribution in [0.5, 0.6) is 23.0 Å². The van der Waals surface area contributed by atoms with Crippen LogP contribution in [0, 0.1) is 0 Å². The van der Waals surface area contributed by atoms with Crippen molar-refractivity contribution >= 4 is 58.0 Å². The van der Waals surface area contributed by atoms with E-state index in [0.29, 0.717) is 90.0 Å². The highest BCUT2D eigenvalue weighted by Crippen LogP contribution is 2.41. The van der Waals surface area contributed by atoms with Gasteiger partial charge < -0.3 is 41.0 Å². The maximum absolute atomic E-state index is 13.2. The van der Waals surface area contributed by atoms with Crippen LogP contribution in [0.2, 0.25) is 0 Å². The molecule has 7 rings (SSSR count). The predicted octanol–water partition coefficient (Wildman–Crippen LogP) is 5.35. The molecule has 4 aromatic rings. The average molecular weight is 947 g/mol. The van der Waals surface area contributed by atoms with Gasteiger partial charge in [-0.15, -0.1) is 0 Å². The number of phenolic OH excluding ortho intramolecular Hbond substituents is 2. The van der Waals surface area contributed by atoms with Gasteiger partial charge in [0.05, 0.1) is 22.8 Å². The summed E-state index contributed by atoms with van der Waals surface area (Å²) in [6, 6.07) is 18.0. The van der Waals surface area contributed by atoms with E-state index < -0.39 is 25.0 Å². The first-order chi connectivity index (χ1) is 33.6. The zero-order valence-corrected chi connectivity index (χ0v) is 39.4. The summed E-state index contributed by atoms with van der Waals surface area (Å²) in [6.07, 6.45) is 9.53. The molecule has 0 fully saturated rings. The van der Waals surface area contributed by atoms with Crippen molar-refractivity contribution in [3.05, 3.63) is 153 Å². The summed E-state index contributed by atoms with van der Waals surface area (Å²) >= 11 is 0. The number of nitrogens with zero attached hydrogens (tertiary/aromatic N) is 2. The van der Waals surface area contributed by atoms with Crippen molar-refractivity contribution in [3.63, 3.8) is 0 Å². The number of carbonyl (C=O) groups is 6. The van der Waals surface area contributed by atoms with Crippen molar-refractivity contribution in [1.29, 1.82) is 0 Å². The van der Waals surface area contributed by atoms with E-state index in [-0.39, 0.29) is 86.7 Å². The van der Waals surface area contributed by atoms with E-state index >= 15 is 0 Å². The number of hydrogen-bond donors (Lipinski definition) is 6. The highest BCUT2D eigenvalue weighted by Gasteiger charge is 2.23. The summed E-state index contributed by atoms with van der Waals surface area (Å²) in [5.41, 5.74) is 7.66. The van der Waals surface area contributed by atoms with Crippen LogP contribution in [0.15, 0.2) is 118 Å². The van der Waals surface area contributed by atoms with Gasteiger partial charge in [-0.25, -0.2) is 9.98 Å². The maximum Gasteiger partial charge on any atom is 0.258 e. The van der Waals surface area contributed by atoms with Gasteiger partial charge in [0.25, 0.3) is 11.8 Å². The third-order valence-corrected chi connectivity index (χ3v) is 11.6. The van der Waals surface area contributed by atoms with Crippen LogP contribution in [0.4, 0.5) is 11.4 Å². The van der Waals surface area contributed by atoms with Crippen molar-refractivity contribution in [2.24, 2.45) is 9.98 Å². The minimum atomic E-state index is -0.439. The smallest absolute Gasteiger partial charge is 0.258 e. The van der Waals surface area contributed by atoms with Gasteiger partial charge in [0.15, 0.2) is 24.8 Å². The van der Waals surface area contributed by atoms with E-state index in [1.807, 2.05) is 36.4 Å². The molecule has 8 bridgehead atoms. The molecule has 70 heavy (non-hydrogen) atoms. The third-order valence-electron chi connectivity index (χ3n) is 11.6. The lowest BCUT2D eigenvalue weighted by Crippen LogP contribution is -2.36. The zero-order chi connectivity index (χ0) is 49.9. The summed E-state index contributed by atoms with van der Waals surface area (Å²) < 4.78 is 12.8. The molecule has 4 aromatic carbocycles. The number of ketones is 2. The van der Waals surface area contributed by atoms with E-state index in [1.54, 1.807) is 50.3 Å². The number of nitrogens with one attached hydrogen (secondary N) is 4. The van der Waals surface area contributed by atoms with Crippen molar-refractivity contribution < 1.29 is 48.5 Å². The minimum absolute atomic E-state index is 0.0359. The molecular formula is C54H54N6O10. The molecule has 0 radical (unpaired) electrons. The molecule has 6 N–H and O–H groups in total. The summed E-state index contributed by atoms with van der Waals surface area (Å²) in [4.78, 5) is 83.4. The van der Waals surface area contributed by atoms with Gasteiger partial charge in [-0.2, -0.15) is 0 Å². The second kappa shape index (κ2) is 22.6. The lowest BCUT2D eigenvalue weighted by atomic mass is 9.90. The van der Waals surface area contributed by atoms with Crippen LogP contribution >= 0.6 is 0 Å². The van der Waals surface area contributed by atoms with Gasteiger partial charge in [0.1, 0.15) is 23.0 Å². The number of hydrogen-bond acceptors (Lipinski definition) is 12. The third kappa shape index (κ3) is 13.0. The Morgan fingerprint density at radius 1 is 0.514 bits per heavy atom. The number of aliphatic imine (C=N–C) groups is 2. The molecule has 3 aliphatic carbocycles. The van der Waals surface area contributed by atoms with Gasteiger partial charge in [0, 0.05) is 88.0 Å². The summed E-state index contributed by atoms with van der Waals surface area (Å²) in [7, 11) is 0. The maximum atomic E-state index is 13.2. The Kier molecular flexibility index (Phi) is 16.0. The number of ether oxygens (including phenoxy) is 2. The number of amides is 4. The second-order valence-corrected chi connectivity index (χ2v) is 17.1. The number of fused-ring (bicyclic) bond motifs is 8. The van der Waals surface area contributed by atoms with E-state index in [9.17, 15) is 39.0 Å². The first kappa shape index (κ1) is 49.5. The predicted molar refractivity (Wildman–Crippen MR) is 265 cm³/mol. The van der Waals surface area contributed by atoms with Gasteiger partial charge in [-0.3, -0.25) is 28.8 Å². The monoisotopic (exact) mass is 946 g/mol. The fraction of sp³-hybridized carbons (Fsp3) is 0.259. The molecule has 0 spiro atoms. The molecule has 0 atom stereocenters. The topological polar surface area (TPSA) is 234 Å². The molecule has 0 aliphatic heterocycles. The van der Waals surface area contributed by atoms with Crippen LogP contribution in [0.1, 0.15) is 72.2 Å². The Morgan fingerprint density at radius 2 is 0.843 bits per heavy atom. The van der Waals surface area contributed by atoms with Crippen LogP contribution in [-0.4, -0.2) is 96.2 Å². The molecule has 16 nitrogen and oxygen atoms in total. The van der Waals surface area contributed by atoms with Crippen LogP contribution < -0.4 is 30.7 Å². The molecule has 0 aromatic heterocycles. The van der Waals surface area contributed by atoms with Gasteiger partial charge in [-0.1, -0.05) is 36.4 Å². The van der Waals surface area contributed by atoms with Gasteiger partial charge in [0.2, 0.25) is 11.8 Å². The van der Waals surface area contributed by atoms with E-state index in [2.05, 4.69) is 21.3 Å². The molecule has 0 heterocycles. The molecular weight excluding hydrogens is 893 g/mol. The fourth-order valence-corrected chi connectivity index (χ4v) is 8.22. The molecule has 3 aliphatic rings. The highest BCUT2D eigenvalue weighted by molar-refractivity contribution is 6.20. The molecule has 4 amide bonds. The van der Waals surface area contributed by atoms with Crippen molar-refractivity contribution in [2.75, 3.05) is 39.4 Å². The first-order valence-corrected chi connectivity index (χ1v) is 22.8.